The molecule has 1 amide bonds. The summed E-state index contributed by atoms with van der Waals surface area (Å²) in [5.41, 5.74) is 9.85. The number of fused-ring (bicyclic) bond motifs is 3. The molecule has 4 heterocycles. The predicted octanol–water partition coefficient (Wildman–Crippen LogP) is 4.33. The van der Waals surface area contributed by atoms with Gasteiger partial charge in [-0.1, -0.05) is 36.8 Å². The summed E-state index contributed by atoms with van der Waals surface area (Å²) in [4.78, 5) is 14.4. The number of halogens is 1. The number of carbonyl (C=O) groups excluding carboxylic acids is 1. The van der Waals surface area contributed by atoms with Crippen molar-refractivity contribution >= 4 is 28.3 Å². The highest BCUT2D eigenvalue weighted by Crippen LogP contribution is 2.33. The van der Waals surface area contributed by atoms with Crippen LogP contribution >= 0.6 is 0 Å². The summed E-state index contributed by atoms with van der Waals surface area (Å²) in [5, 5.41) is 7.87. The Balaban J connectivity index is 0.000000371. The van der Waals surface area contributed by atoms with Crippen LogP contribution in [-0.2, 0) is 6.54 Å². The number of hydrogen-bond acceptors (Lipinski definition) is 4. The highest BCUT2D eigenvalue weighted by Gasteiger charge is 2.24. The van der Waals surface area contributed by atoms with Crippen molar-refractivity contribution in [1.82, 2.24) is 19.5 Å². The number of benzene rings is 2. The molecular formula is C27H33FN6O. The molecular weight excluding hydrogens is 443 g/mol. The Hall–Kier alpha value is -3.39. The molecule has 0 spiro atoms. The number of amides is 1. The van der Waals surface area contributed by atoms with Crippen molar-refractivity contribution in [2.75, 3.05) is 31.1 Å². The van der Waals surface area contributed by atoms with E-state index in [1.54, 1.807) is 4.52 Å². The Morgan fingerprint density at radius 2 is 1.71 bits per heavy atom. The van der Waals surface area contributed by atoms with Crippen LogP contribution in [0.5, 0.6) is 0 Å². The third kappa shape index (κ3) is 4.89. The molecule has 7 nitrogen and oxygen atoms in total. The fourth-order valence-electron chi connectivity index (χ4n) is 5.15. The third-order valence-corrected chi connectivity index (χ3v) is 6.89. The van der Waals surface area contributed by atoms with Crippen LogP contribution in [0.25, 0.3) is 16.7 Å². The zero-order valence-electron chi connectivity index (χ0n) is 20.0. The first kappa shape index (κ1) is 23.4. The van der Waals surface area contributed by atoms with Crippen LogP contribution in [0.2, 0.25) is 0 Å². The van der Waals surface area contributed by atoms with E-state index >= 15 is 0 Å². The van der Waals surface area contributed by atoms with Crippen LogP contribution < -0.4 is 16.0 Å². The lowest BCUT2D eigenvalue weighted by Crippen LogP contribution is -2.29. The molecule has 2 aromatic heterocycles. The lowest BCUT2D eigenvalue weighted by Gasteiger charge is -2.27. The molecule has 4 aromatic rings. The van der Waals surface area contributed by atoms with Crippen LogP contribution in [0, 0.1) is 5.82 Å². The molecule has 0 bridgehead atoms. The topological polar surface area (TPSA) is 80.6 Å². The third-order valence-electron chi connectivity index (χ3n) is 6.89. The molecule has 184 valence electrons. The summed E-state index contributed by atoms with van der Waals surface area (Å²) in [7, 11) is 0. The molecule has 6 rings (SSSR count). The molecule has 2 fully saturated rings. The van der Waals surface area contributed by atoms with E-state index in [0.717, 1.165) is 42.8 Å². The highest BCUT2D eigenvalue weighted by molar-refractivity contribution is 6.06. The van der Waals surface area contributed by atoms with Gasteiger partial charge in [-0.05, 0) is 62.9 Å². The van der Waals surface area contributed by atoms with Gasteiger partial charge >= 0.3 is 0 Å². The molecule has 0 aliphatic carbocycles. The second-order valence-corrected chi connectivity index (χ2v) is 9.38. The zero-order chi connectivity index (χ0) is 24.2. The Kier molecular flexibility index (Phi) is 6.99. The van der Waals surface area contributed by atoms with Gasteiger partial charge in [-0.25, -0.2) is 8.91 Å². The fraction of sp³-hybridized carbons (Fsp3) is 0.407. The Morgan fingerprint density at radius 3 is 2.34 bits per heavy atom. The minimum Gasteiger partial charge on any atom is -0.367 e. The lowest BCUT2D eigenvalue weighted by molar-refractivity contribution is 0.100. The van der Waals surface area contributed by atoms with Crippen molar-refractivity contribution in [3.05, 3.63) is 65.6 Å². The van der Waals surface area contributed by atoms with E-state index in [2.05, 4.69) is 15.3 Å². The van der Waals surface area contributed by atoms with Crippen molar-refractivity contribution in [3.63, 3.8) is 0 Å². The number of nitrogens with two attached hydrogens (primary N) is 1. The van der Waals surface area contributed by atoms with Gasteiger partial charge in [-0.2, -0.15) is 5.10 Å². The van der Waals surface area contributed by atoms with Crippen molar-refractivity contribution in [3.8, 4) is 0 Å². The first-order valence-corrected chi connectivity index (χ1v) is 12.6. The maximum atomic E-state index is 14.4. The molecule has 2 aliphatic rings. The second kappa shape index (κ2) is 10.5. The first-order valence-electron chi connectivity index (χ1n) is 12.6. The van der Waals surface area contributed by atoms with Gasteiger partial charge in [0.1, 0.15) is 17.0 Å². The maximum absolute atomic E-state index is 14.4. The second-order valence-electron chi connectivity index (χ2n) is 9.38. The van der Waals surface area contributed by atoms with E-state index in [9.17, 15) is 9.18 Å². The van der Waals surface area contributed by atoms with Crippen LogP contribution in [0.15, 0.2) is 48.7 Å². The van der Waals surface area contributed by atoms with Crippen LogP contribution in [0.1, 0.15) is 54.4 Å². The number of aromatic nitrogens is 3. The van der Waals surface area contributed by atoms with Gasteiger partial charge in [0.05, 0.1) is 17.3 Å². The average Bonchev–Trinajstić information content (AvgIpc) is 3.45. The molecule has 0 unspecified atom stereocenters. The highest BCUT2D eigenvalue weighted by atomic mass is 19.1. The summed E-state index contributed by atoms with van der Waals surface area (Å²) in [6.07, 6.45) is 9.56. The zero-order valence-corrected chi connectivity index (χ0v) is 20.0. The standard InChI is InChI=1S/C22H22FN5O.C5H11N/c23-16-11-17(21(24)29)20-18(12-16)27(14-15-7-3-1-4-8-15)22-19(13-25-28(20)22)26-9-5-2-6-10-26;1-2-4-6-5-3-1/h1,3-4,7-8,11-13H,2,5-6,9-10,14H2,(H2,24,29);6H,1-5H2. The van der Waals surface area contributed by atoms with Gasteiger partial charge in [0, 0.05) is 19.6 Å². The van der Waals surface area contributed by atoms with E-state index in [4.69, 9.17) is 5.73 Å². The SMILES string of the molecule is C1CCNCC1.NC(=O)c1cc(F)cc2c1n1ncc(N3CCCCC3)c1n2Cc1ccccc1. The number of primary amides is 1. The van der Waals surface area contributed by atoms with Gasteiger partial charge in [-0.15, -0.1) is 0 Å². The van der Waals surface area contributed by atoms with Crippen LogP contribution in [0.3, 0.4) is 0 Å². The fourth-order valence-corrected chi connectivity index (χ4v) is 5.15. The number of piperidine rings is 2. The Morgan fingerprint density at radius 1 is 1.00 bits per heavy atom. The van der Waals surface area contributed by atoms with E-state index in [1.165, 1.54) is 50.9 Å². The number of imidazole rings is 1. The molecule has 35 heavy (non-hydrogen) atoms. The van der Waals surface area contributed by atoms with Gasteiger partial charge in [0.2, 0.25) is 0 Å². The van der Waals surface area contributed by atoms with Crippen molar-refractivity contribution in [1.29, 1.82) is 0 Å². The van der Waals surface area contributed by atoms with Gasteiger partial charge in [0.15, 0.2) is 5.65 Å². The lowest BCUT2D eigenvalue weighted by atomic mass is 10.1. The van der Waals surface area contributed by atoms with Gasteiger partial charge in [0.25, 0.3) is 5.91 Å². The van der Waals surface area contributed by atoms with Gasteiger partial charge < -0.3 is 20.5 Å². The summed E-state index contributed by atoms with van der Waals surface area (Å²) < 4.78 is 18.2. The number of hydrogen-bond donors (Lipinski definition) is 2. The molecule has 2 saturated heterocycles. The monoisotopic (exact) mass is 476 g/mol. The first-order chi connectivity index (χ1) is 17.1. The summed E-state index contributed by atoms with van der Waals surface area (Å²) in [5.74, 6) is -1.15. The molecule has 3 N–H and O–H groups in total. The largest absolute Gasteiger partial charge is 0.367 e. The van der Waals surface area contributed by atoms with E-state index in [-0.39, 0.29) is 5.56 Å². The smallest absolute Gasteiger partial charge is 0.251 e. The number of nitrogens with one attached hydrogen (secondary N) is 1. The molecule has 2 aliphatic heterocycles. The van der Waals surface area contributed by atoms with Crippen LogP contribution in [-0.4, -0.2) is 46.3 Å². The van der Waals surface area contributed by atoms with E-state index in [0.29, 0.717) is 17.6 Å². The van der Waals surface area contributed by atoms with E-state index in [1.807, 2.05) is 41.1 Å². The quantitative estimate of drug-likeness (QED) is 0.460. The normalized spacial score (nSPS) is 16.3. The van der Waals surface area contributed by atoms with Gasteiger partial charge in [-0.3, -0.25) is 4.79 Å². The minimum atomic E-state index is -0.664. The number of nitrogens with zero attached hydrogens (tertiary/aromatic N) is 4. The van der Waals surface area contributed by atoms with E-state index < -0.39 is 11.7 Å². The molecule has 0 radical (unpaired) electrons. The molecule has 8 heteroatoms. The number of carbonyl (C=O) groups is 1. The Bertz CT molecular complexity index is 1290. The molecule has 0 atom stereocenters. The van der Waals surface area contributed by atoms with Crippen molar-refractivity contribution in [2.45, 2.75) is 45.1 Å². The average molecular weight is 477 g/mol. The van der Waals surface area contributed by atoms with Crippen molar-refractivity contribution < 1.29 is 9.18 Å². The predicted molar refractivity (Wildman–Crippen MR) is 137 cm³/mol. The number of anilines is 1. The number of rotatable bonds is 4. The maximum Gasteiger partial charge on any atom is 0.251 e. The summed E-state index contributed by atoms with van der Waals surface area (Å²) >= 11 is 0. The summed E-state index contributed by atoms with van der Waals surface area (Å²) in [6, 6.07) is 12.7. The molecule has 0 saturated carbocycles. The van der Waals surface area contributed by atoms with Crippen molar-refractivity contribution in [2.24, 2.45) is 5.73 Å². The minimum absolute atomic E-state index is 0.144. The summed E-state index contributed by atoms with van der Waals surface area (Å²) in [6.45, 7) is 4.97. The molecule has 2 aromatic carbocycles. The Labute approximate surface area is 204 Å². The van der Waals surface area contributed by atoms with Crippen LogP contribution in [0.4, 0.5) is 10.1 Å².